The normalized spacial score (nSPS) is 43.5. The van der Waals surface area contributed by atoms with Gasteiger partial charge in [0.2, 0.25) is 0 Å². The van der Waals surface area contributed by atoms with Crippen molar-refractivity contribution < 1.29 is 19.4 Å². The van der Waals surface area contributed by atoms with E-state index in [1.165, 1.54) is 89.3 Å². The van der Waals surface area contributed by atoms with Crippen molar-refractivity contribution in [1.82, 2.24) is 4.90 Å². The molecule has 0 aromatic carbocycles. The van der Waals surface area contributed by atoms with E-state index >= 15 is 0 Å². The molecule has 0 saturated heterocycles. The van der Waals surface area contributed by atoms with E-state index in [-0.39, 0.29) is 35.7 Å². The van der Waals surface area contributed by atoms with Crippen molar-refractivity contribution in [3.63, 3.8) is 0 Å². The molecule has 0 aromatic rings. The van der Waals surface area contributed by atoms with Crippen molar-refractivity contribution in [1.29, 1.82) is 0 Å². The van der Waals surface area contributed by atoms with Gasteiger partial charge >= 0.3 is 11.9 Å². The summed E-state index contributed by atoms with van der Waals surface area (Å²) in [7, 11) is 0. The van der Waals surface area contributed by atoms with Gasteiger partial charge in [-0.05, 0) is 160 Å². The highest BCUT2D eigenvalue weighted by molar-refractivity contribution is 5.73. The van der Waals surface area contributed by atoms with Crippen molar-refractivity contribution in [2.75, 3.05) is 13.1 Å². The molecule has 0 unspecified atom stereocenters. The molecule has 0 radical (unpaired) electrons. The van der Waals surface area contributed by atoms with Crippen LogP contribution in [0, 0.1) is 62.1 Å². The maximum Gasteiger partial charge on any atom is 0.306 e. The van der Waals surface area contributed by atoms with Crippen LogP contribution in [0.15, 0.2) is 12.2 Å². The van der Waals surface area contributed by atoms with E-state index in [1.807, 2.05) is 13.8 Å². The van der Waals surface area contributed by atoms with Gasteiger partial charge in [-0.25, -0.2) is 0 Å². The first-order chi connectivity index (χ1) is 22.3. The predicted molar refractivity (Wildman–Crippen MR) is 194 cm³/mol. The summed E-state index contributed by atoms with van der Waals surface area (Å²) >= 11 is 0. The fourth-order valence-electron chi connectivity index (χ4n) is 14.4. The average molecular weight is 666 g/mol. The van der Waals surface area contributed by atoms with Crippen LogP contribution < -0.4 is 0 Å². The lowest BCUT2D eigenvalue weighted by Crippen LogP contribution is -2.66. The number of aliphatic carboxylic acids is 1. The van der Waals surface area contributed by atoms with Gasteiger partial charge in [-0.1, -0.05) is 67.5 Å². The summed E-state index contributed by atoms with van der Waals surface area (Å²) in [5, 5.41) is 9.34. The van der Waals surface area contributed by atoms with Gasteiger partial charge in [-0.2, -0.15) is 0 Å². The van der Waals surface area contributed by atoms with E-state index in [9.17, 15) is 14.7 Å². The zero-order valence-electron chi connectivity index (χ0n) is 32.4. The Hall–Kier alpha value is -1.36. The van der Waals surface area contributed by atoms with E-state index in [0.717, 1.165) is 30.7 Å². The number of carboxylic acid groups (broad SMARTS) is 1. The lowest BCUT2D eigenvalue weighted by molar-refractivity contribution is -0.250. The van der Waals surface area contributed by atoms with Gasteiger partial charge in [0.25, 0.3) is 0 Å². The van der Waals surface area contributed by atoms with Crippen LogP contribution in [0.25, 0.3) is 0 Å². The van der Waals surface area contributed by atoms with E-state index in [4.69, 9.17) is 4.74 Å². The Morgan fingerprint density at radius 1 is 0.854 bits per heavy atom. The number of hydrogen-bond acceptors (Lipinski definition) is 4. The fraction of sp³-hybridized carbons (Fsp3) is 0.907. The second-order valence-corrected chi connectivity index (χ2v) is 20.4. The number of fused-ring (bicyclic) bond motifs is 7. The second-order valence-electron chi connectivity index (χ2n) is 20.4. The van der Waals surface area contributed by atoms with E-state index in [1.54, 1.807) is 0 Å². The second kappa shape index (κ2) is 12.4. The number of carbonyl (C=O) groups excluding carboxylic acids is 1. The Morgan fingerprint density at radius 3 is 2.19 bits per heavy atom. The van der Waals surface area contributed by atoms with Crippen LogP contribution in [0.2, 0.25) is 0 Å². The summed E-state index contributed by atoms with van der Waals surface area (Å²) in [4.78, 5) is 27.4. The van der Waals surface area contributed by atoms with Crippen LogP contribution in [0.5, 0.6) is 0 Å². The average Bonchev–Trinajstić information content (AvgIpc) is 3.74. The number of rotatable bonds is 11. The first kappa shape index (κ1) is 36.4. The largest absolute Gasteiger partial charge is 0.481 e. The molecule has 6 rings (SSSR count). The fourth-order valence-corrected chi connectivity index (χ4v) is 14.4. The summed E-state index contributed by atoms with van der Waals surface area (Å²) in [6.07, 6.45) is 17.0. The van der Waals surface area contributed by atoms with Crippen LogP contribution in [0.1, 0.15) is 159 Å². The number of ether oxygens (including phenoxy) is 1. The molecule has 272 valence electrons. The molecule has 1 N–H and O–H groups in total. The maximum atomic E-state index is 13.2. The number of esters is 1. The third kappa shape index (κ3) is 5.84. The van der Waals surface area contributed by atoms with Gasteiger partial charge in [0.05, 0.1) is 12.8 Å². The Balaban J connectivity index is 1.22. The smallest absolute Gasteiger partial charge is 0.306 e. The highest BCUT2D eigenvalue weighted by atomic mass is 16.5. The molecule has 0 bridgehead atoms. The van der Waals surface area contributed by atoms with Crippen molar-refractivity contribution in [3.8, 4) is 0 Å². The summed E-state index contributed by atoms with van der Waals surface area (Å²) in [6.45, 7) is 28.4. The van der Waals surface area contributed by atoms with Crippen molar-refractivity contribution in [2.45, 2.75) is 171 Å². The van der Waals surface area contributed by atoms with Crippen LogP contribution in [0.4, 0.5) is 0 Å². The van der Waals surface area contributed by atoms with Crippen LogP contribution in [-0.2, 0) is 14.3 Å². The molecule has 6 fully saturated rings. The minimum Gasteiger partial charge on any atom is -0.481 e. The third-order valence-corrected chi connectivity index (χ3v) is 17.1. The lowest BCUT2D eigenvalue weighted by Gasteiger charge is -2.73. The molecule has 0 spiro atoms. The van der Waals surface area contributed by atoms with E-state index in [0.29, 0.717) is 34.0 Å². The minimum atomic E-state index is -0.862. The molecule has 0 aliphatic heterocycles. The molecule has 48 heavy (non-hydrogen) atoms. The number of carboxylic acids is 1. The predicted octanol–water partition coefficient (Wildman–Crippen LogP) is 10.3. The van der Waals surface area contributed by atoms with Gasteiger partial charge < -0.3 is 14.7 Å². The summed E-state index contributed by atoms with van der Waals surface area (Å²) in [5.41, 5.74) is 2.13. The first-order valence-electron chi connectivity index (χ1n) is 20.1. The molecular weight excluding hydrogens is 594 g/mol. The standard InChI is InChI=1S/C43H71NO4/c1-11-44(29-12-13-29)25-24-43-21-16-30(28(2)3)37(43)31-14-15-33-40(8)19-18-34(48-36(47)27-38(4,5)26-35(45)46)39(6,7)32(40)17-20-42(33,10)41(31,9)22-23-43/h29-34,37H,2,11-27H2,1,3-10H3,(H,45,46)/t30-,31+,32-,33+,34-,37+,40-,41+,42+,43+/m0/s1. The highest BCUT2D eigenvalue weighted by Crippen LogP contribution is 2.78. The Morgan fingerprint density at radius 2 is 1.56 bits per heavy atom. The molecule has 5 nitrogen and oxygen atoms in total. The molecule has 0 heterocycles. The Bertz CT molecular complexity index is 1270. The third-order valence-electron chi connectivity index (χ3n) is 17.1. The zero-order valence-corrected chi connectivity index (χ0v) is 32.4. The van der Waals surface area contributed by atoms with Crippen LogP contribution in [-0.4, -0.2) is 47.2 Å². The minimum absolute atomic E-state index is 0.0242. The van der Waals surface area contributed by atoms with Gasteiger partial charge in [-0.15, -0.1) is 0 Å². The number of nitrogens with zero attached hydrogens (tertiary/aromatic N) is 1. The summed E-state index contributed by atoms with van der Waals surface area (Å²) in [5.74, 6) is 2.37. The monoisotopic (exact) mass is 666 g/mol. The van der Waals surface area contributed by atoms with Crippen LogP contribution in [0.3, 0.4) is 0 Å². The zero-order chi connectivity index (χ0) is 35.1. The van der Waals surface area contributed by atoms with Gasteiger partial charge in [0, 0.05) is 11.5 Å². The highest BCUT2D eigenvalue weighted by Gasteiger charge is 2.71. The summed E-state index contributed by atoms with van der Waals surface area (Å²) in [6, 6.07) is 0.856. The first-order valence-corrected chi connectivity index (χ1v) is 20.1. The molecule has 6 saturated carbocycles. The summed E-state index contributed by atoms with van der Waals surface area (Å²) < 4.78 is 6.30. The van der Waals surface area contributed by atoms with Gasteiger partial charge in [0.1, 0.15) is 6.10 Å². The SMILES string of the molecule is C=C(C)[C@@H]1CC[C@]2(CCN(CC)C3CC3)CC[C@]3(C)[C@H](CC[C@@H]4[C@@]5(C)CC[C@H](OC(=O)CC(C)(C)CC(=O)O)C(C)(C)[C@@H]5CC[C@]43C)[C@@H]12. The lowest BCUT2D eigenvalue weighted by atomic mass is 9.32. The Kier molecular flexibility index (Phi) is 9.41. The molecule has 10 atom stereocenters. The maximum absolute atomic E-state index is 13.2. The molecular formula is C43H71NO4. The molecule has 6 aliphatic rings. The molecule has 0 aromatic heterocycles. The topological polar surface area (TPSA) is 66.8 Å². The van der Waals surface area contributed by atoms with Crippen molar-refractivity contribution in [3.05, 3.63) is 12.2 Å². The number of hydrogen-bond donors (Lipinski definition) is 1. The van der Waals surface area contributed by atoms with Crippen LogP contribution >= 0.6 is 0 Å². The quantitative estimate of drug-likeness (QED) is 0.176. The van der Waals surface area contributed by atoms with Crippen molar-refractivity contribution >= 4 is 11.9 Å². The molecule has 6 aliphatic carbocycles. The molecule has 0 amide bonds. The number of carbonyl (C=O) groups is 2. The Labute approximate surface area is 293 Å². The molecule has 5 heteroatoms. The van der Waals surface area contributed by atoms with Gasteiger partial charge in [0.15, 0.2) is 0 Å². The van der Waals surface area contributed by atoms with E-state index in [2.05, 4.69) is 59.9 Å². The number of allylic oxidation sites excluding steroid dienone is 1. The van der Waals surface area contributed by atoms with Crippen molar-refractivity contribution in [2.24, 2.45) is 62.1 Å². The van der Waals surface area contributed by atoms with E-state index < -0.39 is 11.4 Å². The van der Waals surface area contributed by atoms with Gasteiger partial charge in [-0.3, -0.25) is 9.59 Å².